The number of hydrogen-bond acceptors (Lipinski definition) is 0. The number of aromatic nitrogens is 1. The van der Waals surface area contributed by atoms with Crippen molar-refractivity contribution in [1.29, 1.82) is 0 Å². The quantitative estimate of drug-likeness (QED) is 0.429. The largest absolute Gasteiger partial charge is 0.208 e. The van der Waals surface area contributed by atoms with E-state index in [1.54, 1.807) is 0 Å². The number of pyridine rings is 1. The number of hydrogen-bond donors (Lipinski definition) is 0. The molecule has 2 rings (SSSR count). The van der Waals surface area contributed by atoms with Gasteiger partial charge in [-0.25, -0.2) is 4.57 Å². The number of aryl methyl sites for hydroxylation is 1. The Morgan fingerprint density at radius 2 is 2.00 bits per heavy atom. The van der Waals surface area contributed by atoms with E-state index < -0.39 is 0 Å². The minimum absolute atomic E-state index is 1.16. The predicted molar refractivity (Wildman–Crippen MR) is 48.2 cm³/mol. The van der Waals surface area contributed by atoms with Crippen LogP contribution in [0.25, 0.3) is 5.57 Å². The van der Waals surface area contributed by atoms with Gasteiger partial charge in [-0.1, -0.05) is 6.08 Å². The highest BCUT2D eigenvalue weighted by Gasteiger charge is 2.00. The smallest absolute Gasteiger partial charge is 0.169 e. The summed E-state index contributed by atoms with van der Waals surface area (Å²) in [4.78, 5) is 0. The molecule has 0 spiro atoms. The first-order chi connectivity index (χ1) is 5.86. The molecule has 0 aliphatic heterocycles. The van der Waals surface area contributed by atoms with Crippen molar-refractivity contribution in [1.82, 2.24) is 0 Å². The van der Waals surface area contributed by atoms with E-state index in [0.717, 1.165) is 5.57 Å². The van der Waals surface area contributed by atoms with E-state index in [1.807, 2.05) is 36.2 Å². The van der Waals surface area contributed by atoms with Crippen molar-refractivity contribution in [2.45, 2.75) is 0 Å². The molecule has 1 aromatic rings. The molecular formula is C11H10N+. The molecule has 0 unspecified atom stereocenters. The van der Waals surface area contributed by atoms with Gasteiger partial charge in [0.2, 0.25) is 0 Å². The number of nitrogens with zero attached hydrogens (tertiary/aromatic N) is 1. The summed E-state index contributed by atoms with van der Waals surface area (Å²) in [6, 6.07) is 4.18. The zero-order valence-electron chi connectivity index (χ0n) is 6.99. The van der Waals surface area contributed by atoms with Crippen molar-refractivity contribution in [2.75, 3.05) is 0 Å². The van der Waals surface area contributed by atoms with Gasteiger partial charge in [-0.05, 0) is 12.2 Å². The Morgan fingerprint density at radius 1 is 1.25 bits per heavy atom. The molecular weight excluding hydrogens is 146 g/mol. The van der Waals surface area contributed by atoms with E-state index in [9.17, 15) is 0 Å². The molecule has 12 heavy (non-hydrogen) atoms. The van der Waals surface area contributed by atoms with E-state index in [-0.39, 0.29) is 0 Å². The molecule has 0 fully saturated rings. The molecule has 0 bridgehead atoms. The first kappa shape index (κ1) is 7.08. The monoisotopic (exact) mass is 156 g/mol. The predicted octanol–water partition coefficient (Wildman–Crippen LogP) is 1.62. The van der Waals surface area contributed by atoms with E-state index in [2.05, 4.69) is 23.9 Å². The fourth-order valence-electron chi connectivity index (χ4n) is 1.19. The van der Waals surface area contributed by atoms with Crippen LogP contribution in [0.1, 0.15) is 5.56 Å². The second-order valence-corrected chi connectivity index (χ2v) is 2.84. The van der Waals surface area contributed by atoms with Crippen LogP contribution in [0.2, 0.25) is 0 Å². The lowest BCUT2D eigenvalue weighted by atomic mass is 10.1. The second kappa shape index (κ2) is 2.80. The molecule has 1 heteroatoms. The van der Waals surface area contributed by atoms with Gasteiger partial charge in [-0.3, -0.25) is 0 Å². The van der Waals surface area contributed by atoms with Gasteiger partial charge < -0.3 is 0 Å². The Hall–Kier alpha value is -1.59. The number of allylic oxidation sites excluding steroid dienone is 3. The fraction of sp³-hybridized carbons (Fsp3) is 0.0909. The van der Waals surface area contributed by atoms with E-state index in [4.69, 9.17) is 0 Å². The third kappa shape index (κ3) is 1.23. The highest BCUT2D eigenvalue weighted by atomic mass is 14.9. The number of rotatable bonds is 1. The van der Waals surface area contributed by atoms with E-state index in [1.165, 1.54) is 5.56 Å². The van der Waals surface area contributed by atoms with Crippen LogP contribution in [-0.2, 0) is 7.05 Å². The summed E-state index contributed by atoms with van der Waals surface area (Å²) in [5.41, 5.74) is 5.55. The first-order valence-electron chi connectivity index (χ1n) is 3.95. The molecule has 1 aliphatic rings. The normalized spacial score (nSPS) is 13.6. The lowest BCUT2D eigenvalue weighted by Gasteiger charge is -1.94. The third-order valence-corrected chi connectivity index (χ3v) is 1.89. The molecule has 0 atom stereocenters. The van der Waals surface area contributed by atoms with Gasteiger partial charge in [-0.2, -0.15) is 0 Å². The second-order valence-electron chi connectivity index (χ2n) is 2.84. The summed E-state index contributed by atoms with van der Waals surface area (Å²) in [6.45, 7) is 0. The molecule has 0 N–H and O–H groups in total. The molecule has 1 aromatic heterocycles. The summed E-state index contributed by atoms with van der Waals surface area (Å²) in [5.74, 6) is 0. The first-order valence-corrected chi connectivity index (χ1v) is 3.95. The summed E-state index contributed by atoms with van der Waals surface area (Å²) in [5, 5.41) is 0. The van der Waals surface area contributed by atoms with Gasteiger partial charge in [0.05, 0.1) is 0 Å². The Bertz CT molecular complexity index is 376. The van der Waals surface area contributed by atoms with Gasteiger partial charge in [0.15, 0.2) is 12.4 Å². The highest BCUT2D eigenvalue weighted by molar-refractivity contribution is 5.75. The average molecular weight is 156 g/mol. The zero-order chi connectivity index (χ0) is 8.39. The van der Waals surface area contributed by atoms with Crippen LogP contribution < -0.4 is 4.57 Å². The zero-order valence-corrected chi connectivity index (χ0v) is 6.99. The molecule has 1 heterocycles. The van der Waals surface area contributed by atoms with Crippen LogP contribution >= 0.6 is 0 Å². The average Bonchev–Trinajstić information content (AvgIpc) is 2.58. The topological polar surface area (TPSA) is 3.88 Å². The van der Waals surface area contributed by atoms with Gasteiger partial charge in [-0.15, -0.1) is 5.73 Å². The van der Waals surface area contributed by atoms with Crippen molar-refractivity contribution in [3.8, 4) is 0 Å². The highest BCUT2D eigenvalue weighted by Crippen LogP contribution is 2.15. The standard InChI is InChI=1S/C11H10N/c1-12-8-6-11(7-9-12)10-4-2-3-5-10/h2-4,6-9H,1H3/q+1. The molecule has 0 saturated carbocycles. The molecule has 0 radical (unpaired) electrons. The third-order valence-electron chi connectivity index (χ3n) is 1.89. The molecule has 0 amide bonds. The van der Waals surface area contributed by atoms with Gasteiger partial charge in [0, 0.05) is 23.3 Å². The van der Waals surface area contributed by atoms with Crippen LogP contribution in [0.4, 0.5) is 0 Å². The Labute approximate surface area is 72.0 Å². The maximum absolute atomic E-state index is 3.16. The molecule has 0 aromatic carbocycles. The molecule has 58 valence electrons. The Morgan fingerprint density at radius 3 is 2.58 bits per heavy atom. The van der Waals surface area contributed by atoms with Crippen LogP contribution in [0, 0.1) is 0 Å². The summed E-state index contributed by atoms with van der Waals surface area (Å²) in [6.07, 6.45) is 10.1. The summed E-state index contributed by atoms with van der Waals surface area (Å²) < 4.78 is 2.02. The van der Waals surface area contributed by atoms with Crippen molar-refractivity contribution in [2.24, 2.45) is 7.05 Å². The summed E-state index contributed by atoms with van der Waals surface area (Å²) in [7, 11) is 2.01. The van der Waals surface area contributed by atoms with Crippen LogP contribution in [0.5, 0.6) is 0 Å². The van der Waals surface area contributed by atoms with Crippen LogP contribution in [0.3, 0.4) is 0 Å². The summed E-state index contributed by atoms with van der Waals surface area (Å²) >= 11 is 0. The lowest BCUT2D eigenvalue weighted by molar-refractivity contribution is -0.671. The minimum atomic E-state index is 1.16. The van der Waals surface area contributed by atoms with Gasteiger partial charge >= 0.3 is 0 Å². The van der Waals surface area contributed by atoms with Crippen molar-refractivity contribution < 1.29 is 4.57 Å². The maximum Gasteiger partial charge on any atom is 0.169 e. The van der Waals surface area contributed by atoms with Gasteiger partial charge in [0.1, 0.15) is 7.05 Å². The van der Waals surface area contributed by atoms with Crippen LogP contribution in [0.15, 0.2) is 48.5 Å². The fourth-order valence-corrected chi connectivity index (χ4v) is 1.19. The molecule has 1 nitrogen and oxygen atoms in total. The van der Waals surface area contributed by atoms with Crippen molar-refractivity contribution in [3.05, 3.63) is 54.0 Å². The van der Waals surface area contributed by atoms with Crippen LogP contribution in [-0.4, -0.2) is 0 Å². The van der Waals surface area contributed by atoms with Crippen molar-refractivity contribution in [3.63, 3.8) is 0 Å². The van der Waals surface area contributed by atoms with E-state index >= 15 is 0 Å². The lowest BCUT2D eigenvalue weighted by Crippen LogP contribution is -2.25. The van der Waals surface area contributed by atoms with Gasteiger partial charge in [0.25, 0.3) is 0 Å². The minimum Gasteiger partial charge on any atom is -0.208 e. The Kier molecular flexibility index (Phi) is 1.65. The Balaban J connectivity index is 2.42. The van der Waals surface area contributed by atoms with Crippen molar-refractivity contribution >= 4 is 5.57 Å². The van der Waals surface area contributed by atoms with E-state index in [0.29, 0.717) is 0 Å². The molecule has 0 saturated heterocycles. The molecule has 1 aliphatic carbocycles. The maximum atomic E-state index is 3.16. The SMILES string of the molecule is C[n+]1ccc(C2=C=CC=C2)cc1.